The van der Waals surface area contributed by atoms with Gasteiger partial charge in [0.2, 0.25) is 0 Å². The molecule has 6 heteroatoms. The van der Waals surface area contributed by atoms with Crippen molar-refractivity contribution >= 4 is 27.9 Å². The van der Waals surface area contributed by atoms with Gasteiger partial charge in [0.15, 0.2) is 0 Å². The lowest BCUT2D eigenvalue weighted by molar-refractivity contribution is -0.136. The Morgan fingerprint density at radius 2 is 1.51 bits per heavy atom. The fraction of sp³-hybridized carbons (Fsp3) is 0.114. The maximum Gasteiger partial charge on any atom is 0.418 e. The molecule has 1 N–H and O–H groups in total. The van der Waals surface area contributed by atoms with Crippen molar-refractivity contribution in [3.63, 3.8) is 0 Å². The van der Waals surface area contributed by atoms with Gasteiger partial charge in [-0.3, -0.25) is 4.98 Å². The molecule has 1 atom stereocenters. The third kappa shape index (κ3) is 6.03. The van der Waals surface area contributed by atoms with Gasteiger partial charge < -0.3 is 5.32 Å². The molecule has 0 spiro atoms. The number of rotatable bonds is 8. The number of alkyl halides is 3. The number of nitrogens with one attached hydrogen (secondary N) is 1. The number of pyridine rings is 1. The molecule has 1 unspecified atom stereocenters. The molecule has 0 amide bonds. The van der Waals surface area contributed by atoms with Crippen LogP contribution in [-0.4, -0.2) is 4.98 Å². The van der Waals surface area contributed by atoms with Gasteiger partial charge in [0.1, 0.15) is 0 Å². The summed E-state index contributed by atoms with van der Waals surface area (Å²) in [5, 5.41) is 8.42. The second-order valence-corrected chi connectivity index (χ2v) is 10.8. The highest BCUT2D eigenvalue weighted by molar-refractivity contribution is 7.08. The average molecular weight is 565 g/mol. The van der Waals surface area contributed by atoms with Crippen molar-refractivity contribution in [2.24, 2.45) is 0 Å². The van der Waals surface area contributed by atoms with Crippen LogP contribution in [0.3, 0.4) is 0 Å². The summed E-state index contributed by atoms with van der Waals surface area (Å²) in [6, 6.07) is 34.7. The van der Waals surface area contributed by atoms with E-state index < -0.39 is 11.7 Å². The summed E-state index contributed by atoms with van der Waals surface area (Å²) in [4.78, 5) is 4.35. The van der Waals surface area contributed by atoms with E-state index in [0.29, 0.717) is 11.8 Å². The van der Waals surface area contributed by atoms with E-state index in [1.807, 2.05) is 72.8 Å². The van der Waals surface area contributed by atoms with E-state index in [1.54, 1.807) is 23.6 Å². The summed E-state index contributed by atoms with van der Waals surface area (Å²) >= 11 is 1.66. The molecule has 0 fully saturated rings. The number of thiophene rings is 1. The maximum absolute atomic E-state index is 14.0. The Morgan fingerprint density at radius 3 is 2.22 bits per heavy atom. The van der Waals surface area contributed by atoms with Crippen LogP contribution in [0, 0.1) is 0 Å². The lowest BCUT2D eigenvalue weighted by Gasteiger charge is -2.21. The number of nitrogens with zero attached hydrogens (tertiary/aromatic N) is 1. The van der Waals surface area contributed by atoms with E-state index in [2.05, 4.69) is 39.3 Å². The Hall–Kier alpha value is -4.42. The smallest absolute Gasteiger partial charge is 0.378 e. The topological polar surface area (TPSA) is 24.9 Å². The summed E-state index contributed by atoms with van der Waals surface area (Å²) < 4.78 is 41.9. The van der Waals surface area contributed by atoms with Crippen LogP contribution < -0.4 is 5.32 Å². The van der Waals surface area contributed by atoms with Crippen LogP contribution in [0.4, 0.5) is 18.9 Å². The first kappa shape index (κ1) is 26.8. The summed E-state index contributed by atoms with van der Waals surface area (Å²) in [7, 11) is 0. The predicted molar refractivity (Wildman–Crippen MR) is 162 cm³/mol. The molecule has 0 saturated carbocycles. The molecule has 6 rings (SSSR count). The zero-order valence-electron chi connectivity index (χ0n) is 22.1. The third-order valence-corrected chi connectivity index (χ3v) is 7.94. The first-order chi connectivity index (χ1) is 20.0. The van der Waals surface area contributed by atoms with Crippen LogP contribution >= 0.6 is 11.3 Å². The SMILES string of the molecule is FC(F)(F)c1cccc2c(-c3cccc(NC(Cc4ccccc4)c4ccsc4)c3)c(Cc3ccccc3)cnc12. The van der Waals surface area contributed by atoms with E-state index in [1.165, 1.54) is 17.2 Å². The fourth-order valence-corrected chi connectivity index (χ4v) is 6.04. The van der Waals surface area contributed by atoms with E-state index in [9.17, 15) is 13.2 Å². The number of fused-ring (bicyclic) bond motifs is 1. The Morgan fingerprint density at radius 1 is 0.780 bits per heavy atom. The molecule has 0 aliphatic carbocycles. The Balaban J connectivity index is 1.44. The zero-order valence-corrected chi connectivity index (χ0v) is 22.9. The number of aromatic nitrogens is 1. The van der Waals surface area contributed by atoms with Crippen LogP contribution in [0.5, 0.6) is 0 Å². The lowest BCUT2D eigenvalue weighted by atomic mass is 9.91. The minimum Gasteiger partial charge on any atom is -0.378 e. The summed E-state index contributed by atoms with van der Waals surface area (Å²) in [5.74, 6) is 0. The monoisotopic (exact) mass is 564 g/mol. The molecule has 2 heterocycles. The molecule has 2 aromatic heterocycles. The van der Waals surface area contributed by atoms with Gasteiger partial charge >= 0.3 is 6.18 Å². The molecule has 0 saturated heterocycles. The number of anilines is 1. The fourth-order valence-electron chi connectivity index (χ4n) is 5.32. The highest BCUT2D eigenvalue weighted by Gasteiger charge is 2.33. The first-order valence-corrected chi connectivity index (χ1v) is 14.3. The van der Waals surface area contributed by atoms with Crippen LogP contribution in [0.2, 0.25) is 0 Å². The van der Waals surface area contributed by atoms with Crippen molar-refractivity contribution in [1.82, 2.24) is 4.98 Å². The van der Waals surface area contributed by atoms with Gasteiger partial charge in [-0.1, -0.05) is 84.9 Å². The second-order valence-electron chi connectivity index (χ2n) is 10.0. The molecule has 0 bridgehead atoms. The summed E-state index contributed by atoms with van der Waals surface area (Å²) in [6.07, 6.45) is -1.55. The number of halogens is 3. The van der Waals surface area contributed by atoms with Crippen molar-refractivity contribution in [3.05, 3.63) is 154 Å². The first-order valence-electron chi connectivity index (χ1n) is 13.4. The number of para-hydroxylation sites is 1. The highest BCUT2D eigenvalue weighted by Crippen LogP contribution is 2.40. The molecule has 204 valence electrons. The molecule has 41 heavy (non-hydrogen) atoms. The minimum atomic E-state index is -4.50. The largest absolute Gasteiger partial charge is 0.418 e. The van der Waals surface area contributed by atoms with Crippen molar-refractivity contribution in [3.8, 4) is 11.1 Å². The predicted octanol–water partition coefficient (Wildman–Crippen LogP) is 9.97. The van der Waals surface area contributed by atoms with Crippen LogP contribution in [0.15, 0.2) is 126 Å². The van der Waals surface area contributed by atoms with Gasteiger partial charge in [-0.2, -0.15) is 24.5 Å². The molecule has 0 aliphatic heterocycles. The van der Waals surface area contributed by atoms with Crippen molar-refractivity contribution in [2.75, 3.05) is 5.32 Å². The molecule has 0 aliphatic rings. The van der Waals surface area contributed by atoms with Crippen molar-refractivity contribution < 1.29 is 13.2 Å². The minimum absolute atomic E-state index is 0.0358. The van der Waals surface area contributed by atoms with Gasteiger partial charge in [0.25, 0.3) is 0 Å². The van der Waals surface area contributed by atoms with Crippen LogP contribution in [-0.2, 0) is 19.0 Å². The molecule has 6 aromatic rings. The van der Waals surface area contributed by atoms with E-state index >= 15 is 0 Å². The molecular weight excluding hydrogens is 537 g/mol. The van der Waals surface area contributed by atoms with E-state index in [0.717, 1.165) is 40.4 Å². The van der Waals surface area contributed by atoms with Gasteiger partial charge in [-0.15, -0.1) is 0 Å². The standard InChI is InChI=1S/C35H27F3N2S/c36-35(37,38)31-16-8-15-30-33(28(22-39-34(30)31)19-24-9-3-1-4-10-24)26-13-7-14-29(21-26)40-32(27-17-18-41-23-27)20-25-11-5-2-6-12-25/h1-18,21-23,32,40H,19-20H2. The Bertz CT molecular complexity index is 1750. The second kappa shape index (κ2) is 11.6. The number of benzene rings is 4. The van der Waals surface area contributed by atoms with E-state index in [4.69, 9.17) is 0 Å². The molecule has 4 aromatic carbocycles. The summed E-state index contributed by atoms with van der Waals surface area (Å²) in [6.45, 7) is 0. The maximum atomic E-state index is 14.0. The zero-order chi connectivity index (χ0) is 28.2. The van der Waals surface area contributed by atoms with E-state index in [-0.39, 0.29) is 11.6 Å². The van der Waals surface area contributed by atoms with Crippen molar-refractivity contribution in [2.45, 2.75) is 25.1 Å². The van der Waals surface area contributed by atoms with Gasteiger partial charge in [0, 0.05) is 17.3 Å². The highest BCUT2D eigenvalue weighted by atomic mass is 32.1. The van der Waals surface area contributed by atoms with Gasteiger partial charge in [-0.05, 0) is 81.2 Å². The average Bonchev–Trinajstić information content (AvgIpc) is 3.52. The van der Waals surface area contributed by atoms with Crippen molar-refractivity contribution in [1.29, 1.82) is 0 Å². The Kier molecular flexibility index (Phi) is 7.57. The molecular formula is C35H27F3N2S. The van der Waals surface area contributed by atoms with Crippen LogP contribution in [0.25, 0.3) is 22.0 Å². The van der Waals surface area contributed by atoms with Gasteiger partial charge in [0.05, 0.1) is 17.1 Å². The lowest BCUT2D eigenvalue weighted by Crippen LogP contribution is -2.13. The number of hydrogen-bond donors (Lipinski definition) is 1. The Labute approximate surface area is 241 Å². The number of hydrogen-bond acceptors (Lipinski definition) is 3. The quantitative estimate of drug-likeness (QED) is 0.199. The van der Waals surface area contributed by atoms with Gasteiger partial charge in [-0.25, -0.2) is 0 Å². The van der Waals surface area contributed by atoms with Crippen LogP contribution in [0.1, 0.15) is 33.9 Å². The molecule has 0 radical (unpaired) electrons. The summed E-state index contributed by atoms with van der Waals surface area (Å²) in [5.41, 5.74) is 6.10. The normalized spacial score (nSPS) is 12.4. The third-order valence-electron chi connectivity index (χ3n) is 7.24. The molecule has 2 nitrogen and oxygen atoms in total.